The Labute approximate surface area is 171 Å². The first-order chi connectivity index (χ1) is 14.3. The van der Waals surface area contributed by atoms with E-state index >= 15 is 0 Å². The highest BCUT2D eigenvalue weighted by Crippen LogP contribution is 2.35. The third-order valence-corrected chi connectivity index (χ3v) is 5.14. The van der Waals surface area contributed by atoms with Crippen molar-refractivity contribution in [1.82, 2.24) is 10.1 Å². The van der Waals surface area contributed by atoms with Crippen LogP contribution in [0.3, 0.4) is 0 Å². The number of benzene rings is 2. The highest BCUT2D eigenvalue weighted by Gasteiger charge is 2.20. The average molecular weight is 388 g/mol. The van der Waals surface area contributed by atoms with Gasteiger partial charge in [0.05, 0.1) is 19.1 Å². The number of aromatic nitrogens is 2. The van der Waals surface area contributed by atoms with Crippen LogP contribution in [0.25, 0.3) is 0 Å². The van der Waals surface area contributed by atoms with Gasteiger partial charge in [-0.25, -0.2) is 0 Å². The predicted octanol–water partition coefficient (Wildman–Crippen LogP) is 4.78. The molecule has 5 nitrogen and oxygen atoms in total. The largest absolute Gasteiger partial charge is 0.493 e. The van der Waals surface area contributed by atoms with Crippen molar-refractivity contribution in [1.29, 1.82) is 0 Å². The van der Waals surface area contributed by atoms with Gasteiger partial charge in [0.1, 0.15) is 0 Å². The first kappa shape index (κ1) is 19.1. The van der Waals surface area contributed by atoms with E-state index in [-0.39, 0.29) is 12.0 Å². The van der Waals surface area contributed by atoms with Crippen molar-refractivity contribution in [3.05, 3.63) is 71.9 Å². The summed E-state index contributed by atoms with van der Waals surface area (Å²) in [4.78, 5) is 4.17. The van der Waals surface area contributed by atoms with E-state index in [1.165, 1.54) is 19.2 Å². The van der Waals surface area contributed by atoms with Gasteiger partial charge < -0.3 is 14.0 Å². The maximum Gasteiger partial charge on any atom is 0.213 e. The van der Waals surface area contributed by atoms with E-state index in [2.05, 4.69) is 22.0 Å². The lowest BCUT2D eigenvalue weighted by Crippen LogP contribution is -2.12. The molecule has 148 valence electrons. The lowest BCUT2D eigenvalue weighted by atomic mass is 9.95. The fourth-order valence-electron chi connectivity index (χ4n) is 3.60. The minimum absolute atomic E-state index is 0.0929. The zero-order valence-corrected chi connectivity index (χ0v) is 16.5. The monoisotopic (exact) mass is 388 g/mol. The quantitative estimate of drug-likeness (QED) is 0.569. The van der Waals surface area contributed by atoms with Gasteiger partial charge >= 0.3 is 0 Å². The van der Waals surface area contributed by atoms with Gasteiger partial charge in [0, 0.05) is 12.0 Å². The maximum atomic E-state index is 6.26. The second-order valence-corrected chi connectivity index (χ2v) is 7.17. The van der Waals surface area contributed by atoms with Crippen molar-refractivity contribution in [3.8, 4) is 23.3 Å². The van der Waals surface area contributed by atoms with Gasteiger partial charge in [0.2, 0.25) is 6.39 Å². The molecular formula is C24H24N2O3. The van der Waals surface area contributed by atoms with Crippen LogP contribution in [0.15, 0.2) is 59.4 Å². The first-order valence-corrected chi connectivity index (χ1v) is 9.98. The number of hydrogen-bond acceptors (Lipinski definition) is 5. The highest BCUT2D eigenvalue weighted by atomic mass is 16.5. The minimum atomic E-state index is -0.0929. The first-order valence-electron chi connectivity index (χ1n) is 9.98. The maximum absolute atomic E-state index is 6.26. The molecule has 0 spiro atoms. The van der Waals surface area contributed by atoms with Crippen molar-refractivity contribution in [2.45, 2.75) is 44.1 Å². The lowest BCUT2D eigenvalue weighted by molar-refractivity contribution is 0.200. The van der Waals surface area contributed by atoms with Crippen LogP contribution in [0.2, 0.25) is 0 Å². The third-order valence-electron chi connectivity index (χ3n) is 5.14. The van der Waals surface area contributed by atoms with Crippen LogP contribution in [0, 0.1) is 11.8 Å². The molecular weight excluding hydrogens is 364 g/mol. The van der Waals surface area contributed by atoms with Crippen molar-refractivity contribution in [3.63, 3.8) is 0 Å². The molecule has 1 heterocycles. The number of ether oxygens (including phenoxy) is 2. The second-order valence-electron chi connectivity index (χ2n) is 7.17. The molecule has 5 heteroatoms. The van der Waals surface area contributed by atoms with E-state index in [4.69, 9.17) is 14.0 Å². The molecule has 0 radical (unpaired) electrons. The van der Waals surface area contributed by atoms with Crippen LogP contribution in [0.5, 0.6) is 11.5 Å². The molecule has 2 aromatic carbocycles. The Morgan fingerprint density at radius 3 is 2.66 bits per heavy atom. The fourth-order valence-corrected chi connectivity index (χ4v) is 3.60. The van der Waals surface area contributed by atoms with Crippen LogP contribution in [0.4, 0.5) is 0 Å². The van der Waals surface area contributed by atoms with E-state index in [1.54, 1.807) is 7.11 Å². The summed E-state index contributed by atoms with van der Waals surface area (Å²) < 4.78 is 16.7. The predicted molar refractivity (Wildman–Crippen MR) is 110 cm³/mol. The van der Waals surface area contributed by atoms with Gasteiger partial charge in [0.25, 0.3) is 0 Å². The molecule has 1 aromatic heterocycles. The molecule has 1 aliphatic rings. The van der Waals surface area contributed by atoms with Gasteiger partial charge in [0.15, 0.2) is 17.3 Å². The minimum Gasteiger partial charge on any atom is -0.493 e. The van der Waals surface area contributed by atoms with Crippen molar-refractivity contribution in [2.75, 3.05) is 7.11 Å². The number of hydrogen-bond donors (Lipinski definition) is 0. The van der Waals surface area contributed by atoms with Crippen molar-refractivity contribution < 1.29 is 14.0 Å². The van der Waals surface area contributed by atoms with E-state index in [9.17, 15) is 0 Å². The summed E-state index contributed by atoms with van der Waals surface area (Å²) in [7, 11) is 1.67. The van der Waals surface area contributed by atoms with Gasteiger partial charge in [-0.2, -0.15) is 4.98 Å². The number of rotatable bonds is 6. The van der Waals surface area contributed by atoms with Crippen LogP contribution in [0.1, 0.15) is 48.6 Å². The lowest BCUT2D eigenvalue weighted by Gasteiger charge is -2.18. The van der Waals surface area contributed by atoms with Crippen LogP contribution in [-0.2, 0) is 6.42 Å². The third kappa shape index (κ3) is 4.97. The molecule has 29 heavy (non-hydrogen) atoms. The fraction of sp³-hybridized carbons (Fsp3) is 0.333. The standard InChI is InChI=1S/C24H24N2O3/c1-27-22-14-13-19(15-23(22)29-21-9-5-6-10-21)20(16-24-25-17-28-26-24)12-11-18-7-3-2-4-8-18/h2-4,7-8,13-15,17,20-21H,5-6,9-10,16H2,1H3. The summed E-state index contributed by atoms with van der Waals surface area (Å²) in [6.07, 6.45) is 6.78. The summed E-state index contributed by atoms with van der Waals surface area (Å²) in [5.74, 6) is 8.71. The molecule has 0 amide bonds. The molecule has 1 unspecified atom stereocenters. The van der Waals surface area contributed by atoms with E-state index in [0.29, 0.717) is 12.2 Å². The SMILES string of the molecule is COc1ccc(C(C#Cc2ccccc2)Cc2ncon2)cc1OC1CCCC1. The van der Waals surface area contributed by atoms with E-state index in [0.717, 1.165) is 35.5 Å². The molecule has 4 rings (SSSR count). The Kier molecular flexibility index (Phi) is 6.11. The summed E-state index contributed by atoms with van der Waals surface area (Å²) >= 11 is 0. The zero-order chi connectivity index (χ0) is 19.9. The van der Waals surface area contributed by atoms with Gasteiger partial charge in [-0.1, -0.05) is 41.3 Å². The Hall–Kier alpha value is -3.26. The molecule has 1 aliphatic carbocycles. The number of methoxy groups -OCH3 is 1. The Bertz CT molecular complexity index is 968. The summed E-state index contributed by atoms with van der Waals surface area (Å²) in [5.41, 5.74) is 2.02. The van der Waals surface area contributed by atoms with Crippen LogP contribution >= 0.6 is 0 Å². The second kappa shape index (κ2) is 9.29. The molecule has 3 aromatic rings. The molecule has 1 saturated carbocycles. The molecule has 1 fully saturated rings. The Balaban J connectivity index is 1.64. The van der Waals surface area contributed by atoms with Crippen LogP contribution in [-0.4, -0.2) is 23.4 Å². The van der Waals surface area contributed by atoms with Gasteiger partial charge in [-0.05, 0) is 55.5 Å². The molecule has 0 bridgehead atoms. The normalized spacial score (nSPS) is 14.8. The van der Waals surface area contributed by atoms with E-state index in [1.807, 2.05) is 48.5 Å². The average Bonchev–Trinajstić information content (AvgIpc) is 3.46. The Morgan fingerprint density at radius 1 is 1.10 bits per heavy atom. The smallest absolute Gasteiger partial charge is 0.213 e. The zero-order valence-electron chi connectivity index (χ0n) is 16.5. The molecule has 1 atom stereocenters. The topological polar surface area (TPSA) is 57.4 Å². The molecule has 0 aliphatic heterocycles. The van der Waals surface area contributed by atoms with Gasteiger partial charge in [-0.15, -0.1) is 0 Å². The van der Waals surface area contributed by atoms with Crippen molar-refractivity contribution >= 4 is 0 Å². The van der Waals surface area contributed by atoms with E-state index < -0.39 is 0 Å². The summed E-state index contributed by atoms with van der Waals surface area (Å²) in [5, 5.41) is 3.97. The van der Waals surface area contributed by atoms with Crippen LogP contribution < -0.4 is 9.47 Å². The highest BCUT2D eigenvalue weighted by molar-refractivity contribution is 5.47. The molecule has 0 saturated heterocycles. The number of nitrogens with zero attached hydrogens (tertiary/aromatic N) is 2. The Morgan fingerprint density at radius 2 is 1.93 bits per heavy atom. The van der Waals surface area contributed by atoms with Gasteiger partial charge in [-0.3, -0.25) is 0 Å². The summed E-state index contributed by atoms with van der Waals surface area (Å²) in [6.45, 7) is 0. The molecule has 0 N–H and O–H groups in total. The van der Waals surface area contributed by atoms with Crippen molar-refractivity contribution in [2.24, 2.45) is 0 Å². The summed E-state index contributed by atoms with van der Waals surface area (Å²) in [6, 6.07) is 16.0.